The Labute approximate surface area is 171 Å². The second-order valence-corrected chi connectivity index (χ2v) is 8.18. The molecule has 0 bridgehead atoms. The van der Waals surface area contributed by atoms with Crippen LogP contribution in [0.1, 0.15) is 11.5 Å². The number of primary sulfonamides is 1. The van der Waals surface area contributed by atoms with Crippen LogP contribution >= 0.6 is 0 Å². The average molecular weight is 426 g/mol. The quantitative estimate of drug-likeness (QED) is 0.508. The summed E-state index contributed by atoms with van der Waals surface area (Å²) >= 11 is 0. The summed E-state index contributed by atoms with van der Waals surface area (Å²) < 4.78 is 57.7. The van der Waals surface area contributed by atoms with E-state index in [1.54, 1.807) is 0 Å². The SMILES string of the molecule is NS(=O)(=O)c1ccc(-c2nc(Cc3ccccc3)oc2-c2c(F)cccc2F)cc1. The Kier molecular flexibility index (Phi) is 5.19. The van der Waals surface area contributed by atoms with Crippen molar-refractivity contribution in [2.45, 2.75) is 11.3 Å². The van der Waals surface area contributed by atoms with E-state index < -0.39 is 21.7 Å². The summed E-state index contributed by atoms with van der Waals surface area (Å²) in [6, 6.07) is 18.4. The molecule has 0 saturated heterocycles. The summed E-state index contributed by atoms with van der Waals surface area (Å²) in [5.41, 5.74) is 1.21. The highest BCUT2D eigenvalue weighted by Gasteiger charge is 2.23. The van der Waals surface area contributed by atoms with Gasteiger partial charge in [-0.25, -0.2) is 27.3 Å². The zero-order valence-electron chi connectivity index (χ0n) is 15.5. The van der Waals surface area contributed by atoms with Crippen LogP contribution in [-0.2, 0) is 16.4 Å². The number of halogens is 2. The van der Waals surface area contributed by atoms with Gasteiger partial charge in [0.2, 0.25) is 10.0 Å². The number of sulfonamides is 1. The third-order valence-corrected chi connectivity index (χ3v) is 5.44. The largest absolute Gasteiger partial charge is 0.439 e. The number of benzene rings is 3. The first-order valence-corrected chi connectivity index (χ1v) is 10.5. The minimum Gasteiger partial charge on any atom is -0.439 e. The lowest BCUT2D eigenvalue weighted by Crippen LogP contribution is -2.11. The van der Waals surface area contributed by atoms with Gasteiger partial charge in [-0.1, -0.05) is 48.5 Å². The molecule has 0 fully saturated rings. The molecule has 0 atom stereocenters. The Morgan fingerprint density at radius 2 is 1.50 bits per heavy atom. The highest BCUT2D eigenvalue weighted by atomic mass is 32.2. The molecule has 0 aliphatic carbocycles. The van der Waals surface area contributed by atoms with Crippen LogP contribution in [0.2, 0.25) is 0 Å². The zero-order chi connectivity index (χ0) is 21.3. The first-order chi connectivity index (χ1) is 14.3. The second kappa shape index (κ2) is 7.81. The molecular weight excluding hydrogens is 410 g/mol. The first-order valence-electron chi connectivity index (χ1n) is 8.94. The molecule has 0 aliphatic heterocycles. The van der Waals surface area contributed by atoms with Gasteiger partial charge in [-0.15, -0.1) is 0 Å². The Morgan fingerprint density at radius 3 is 2.10 bits per heavy atom. The van der Waals surface area contributed by atoms with E-state index in [0.717, 1.165) is 17.7 Å². The predicted molar refractivity (Wildman–Crippen MR) is 108 cm³/mol. The van der Waals surface area contributed by atoms with Crippen LogP contribution in [0.15, 0.2) is 82.1 Å². The van der Waals surface area contributed by atoms with Crippen LogP contribution < -0.4 is 5.14 Å². The van der Waals surface area contributed by atoms with E-state index in [-0.39, 0.29) is 27.8 Å². The van der Waals surface area contributed by atoms with Crippen molar-refractivity contribution >= 4 is 10.0 Å². The smallest absolute Gasteiger partial charge is 0.238 e. The number of nitrogens with two attached hydrogens (primary N) is 1. The van der Waals surface area contributed by atoms with Crippen LogP contribution in [0.5, 0.6) is 0 Å². The maximum absolute atomic E-state index is 14.5. The second-order valence-electron chi connectivity index (χ2n) is 6.61. The summed E-state index contributed by atoms with van der Waals surface area (Å²) in [4.78, 5) is 4.36. The van der Waals surface area contributed by atoms with Gasteiger partial charge in [0.25, 0.3) is 0 Å². The third kappa shape index (κ3) is 4.00. The molecule has 0 radical (unpaired) electrons. The summed E-state index contributed by atoms with van der Waals surface area (Å²) in [6.07, 6.45) is 0.319. The lowest BCUT2D eigenvalue weighted by Gasteiger charge is -2.05. The number of aromatic nitrogens is 1. The number of oxazole rings is 1. The molecule has 1 aromatic heterocycles. The maximum atomic E-state index is 14.5. The van der Waals surface area contributed by atoms with Gasteiger partial charge in [0.15, 0.2) is 11.7 Å². The molecule has 30 heavy (non-hydrogen) atoms. The lowest BCUT2D eigenvalue weighted by atomic mass is 10.0. The number of hydrogen-bond acceptors (Lipinski definition) is 4. The van der Waals surface area contributed by atoms with E-state index in [2.05, 4.69) is 4.98 Å². The van der Waals surface area contributed by atoms with Crippen LogP contribution in [-0.4, -0.2) is 13.4 Å². The number of nitrogens with zero attached hydrogens (tertiary/aromatic N) is 1. The van der Waals surface area contributed by atoms with Crippen molar-refractivity contribution in [3.63, 3.8) is 0 Å². The third-order valence-electron chi connectivity index (χ3n) is 4.52. The topological polar surface area (TPSA) is 86.2 Å². The summed E-state index contributed by atoms with van der Waals surface area (Å²) in [7, 11) is -3.88. The number of rotatable bonds is 5. The van der Waals surface area contributed by atoms with E-state index in [1.165, 1.54) is 30.3 Å². The Balaban J connectivity index is 1.85. The molecule has 5 nitrogen and oxygen atoms in total. The van der Waals surface area contributed by atoms with E-state index in [4.69, 9.17) is 9.56 Å². The summed E-state index contributed by atoms with van der Waals surface area (Å²) in [5, 5.41) is 5.14. The van der Waals surface area contributed by atoms with Gasteiger partial charge in [-0.3, -0.25) is 0 Å². The van der Waals surface area contributed by atoms with Crippen molar-refractivity contribution in [1.29, 1.82) is 0 Å². The predicted octanol–water partition coefficient (Wildman–Crippen LogP) is 4.53. The Hall–Kier alpha value is -3.36. The molecular formula is C22H16F2N2O3S. The van der Waals surface area contributed by atoms with E-state index in [1.807, 2.05) is 30.3 Å². The average Bonchev–Trinajstić information content (AvgIpc) is 3.11. The van der Waals surface area contributed by atoms with Crippen molar-refractivity contribution in [2.24, 2.45) is 5.14 Å². The Bertz CT molecular complexity index is 1280. The van der Waals surface area contributed by atoms with Crippen molar-refractivity contribution in [2.75, 3.05) is 0 Å². The van der Waals surface area contributed by atoms with Crippen LogP contribution in [0.25, 0.3) is 22.6 Å². The molecule has 3 aromatic carbocycles. The molecule has 0 aliphatic rings. The molecule has 0 amide bonds. The van der Waals surface area contributed by atoms with Crippen LogP contribution in [0, 0.1) is 11.6 Å². The first kappa shape index (κ1) is 19.9. The number of hydrogen-bond donors (Lipinski definition) is 1. The zero-order valence-corrected chi connectivity index (χ0v) is 16.4. The van der Waals surface area contributed by atoms with Crippen molar-refractivity contribution in [3.05, 3.63) is 95.9 Å². The molecule has 0 spiro atoms. The van der Waals surface area contributed by atoms with Gasteiger partial charge in [0, 0.05) is 12.0 Å². The lowest BCUT2D eigenvalue weighted by molar-refractivity contribution is 0.506. The molecule has 8 heteroatoms. The molecule has 0 saturated carbocycles. The molecule has 4 rings (SSSR count). The van der Waals surface area contributed by atoms with Crippen molar-refractivity contribution < 1.29 is 21.6 Å². The fourth-order valence-electron chi connectivity index (χ4n) is 3.09. The van der Waals surface area contributed by atoms with E-state index in [0.29, 0.717) is 12.0 Å². The van der Waals surface area contributed by atoms with Gasteiger partial charge in [-0.2, -0.15) is 0 Å². The van der Waals surface area contributed by atoms with Gasteiger partial charge in [0.05, 0.1) is 10.5 Å². The minimum atomic E-state index is -3.88. The molecule has 152 valence electrons. The highest BCUT2D eigenvalue weighted by molar-refractivity contribution is 7.89. The fourth-order valence-corrected chi connectivity index (χ4v) is 3.61. The standard InChI is InChI=1S/C22H16F2N2O3S/c23-17-7-4-8-18(24)20(17)22-21(15-9-11-16(12-10-15)30(25,27)28)26-19(29-22)13-14-5-2-1-3-6-14/h1-12H,13H2,(H2,25,27,28). The monoisotopic (exact) mass is 426 g/mol. The Morgan fingerprint density at radius 1 is 0.867 bits per heavy atom. The van der Waals surface area contributed by atoms with Gasteiger partial charge in [0.1, 0.15) is 17.3 Å². The molecule has 0 unspecified atom stereocenters. The molecule has 2 N–H and O–H groups in total. The summed E-state index contributed by atoms with van der Waals surface area (Å²) in [5.74, 6) is -1.39. The normalized spacial score (nSPS) is 11.6. The highest BCUT2D eigenvalue weighted by Crippen LogP contribution is 2.36. The minimum absolute atomic E-state index is 0.0695. The van der Waals surface area contributed by atoms with E-state index in [9.17, 15) is 17.2 Å². The van der Waals surface area contributed by atoms with Gasteiger partial charge < -0.3 is 4.42 Å². The van der Waals surface area contributed by atoms with Crippen LogP contribution in [0.3, 0.4) is 0 Å². The van der Waals surface area contributed by atoms with Gasteiger partial charge >= 0.3 is 0 Å². The molecule has 1 heterocycles. The van der Waals surface area contributed by atoms with Gasteiger partial charge in [-0.05, 0) is 29.8 Å². The van der Waals surface area contributed by atoms with Crippen molar-refractivity contribution in [3.8, 4) is 22.6 Å². The fraction of sp³-hybridized carbons (Fsp3) is 0.0455. The molecule has 4 aromatic rings. The van der Waals surface area contributed by atoms with E-state index >= 15 is 0 Å². The van der Waals surface area contributed by atoms with Crippen molar-refractivity contribution in [1.82, 2.24) is 4.98 Å². The summed E-state index contributed by atoms with van der Waals surface area (Å²) in [6.45, 7) is 0. The maximum Gasteiger partial charge on any atom is 0.238 e. The van der Waals surface area contributed by atoms with Crippen LogP contribution in [0.4, 0.5) is 8.78 Å².